The Morgan fingerprint density at radius 1 is 1.25 bits per heavy atom. The summed E-state index contributed by atoms with van der Waals surface area (Å²) in [6, 6.07) is 5.69. The predicted octanol–water partition coefficient (Wildman–Crippen LogP) is 0.783. The van der Waals surface area contributed by atoms with Gasteiger partial charge in [0.1, 0.15) is 5.69 Å². The molecule has 2 atom stereocenters. The number of hydrogen-bond acceptors (Lipinski definition) is 6. The van der Waals surface area contributed by atoms with E-state index >= 15 is 0 Å². The Kier molecular flexibility index (Phi) is 2.97. The Hall–Kier alpha value is -1.79. The van der Waals surface area contributed by atoms with Gasteiger partial charge in [-0.15, -0.1) is 0 Å². The van der Waals surface area contributed by atoms with Gasteiger partial charge in [-0.3, -0.25) is 9.88 Å². The molecule has 4 rings (SSSR count). The minimum Gasteiger partial charge on any atom is -0.337 e. The number of hydrogen-bond donors (Lipinski definition) is 1. The van der Waals surface area contributed by atoms with E-state index in [4.69, 9.17) is 4.52 Å². The molecule has 6 nitrogen and oxygen atoms in total. The highest BCUT2D eigenvalue weighted by atomic mass is 16.5. The first-order valence-electron chi connectivity index (χ1n) is 7.05. The first-order valence-corrected chi connectivity index (χ1v) is 7.05. The molecule has 2 aromatic rings. The van der Waals surface area contributed by atoms with E-state index in [2.05, 4.69) is 25.3 Å². The molecular weight excluding hydrogens is 254 g/mol. The second-order valence-corrected chi connectivity index (χ2v) is 5.60. The Morgan fingerprint density at radius 3 is 2.85 bits per heavy atom. The van der Waals surface area contributed by atoms with E-state index in [9.17, 15) is 0 Å². The molecule has 6 heteroatoms. The Bertz CT molecular complexity index is 572. The van der Waals surface area contributed by atoms with E-state index in [1.165, 1.54) is 0 Å². The normalized spacial score (nSPS) is 26.0. The van der Waals surface area contributed by atoms with Crippen molar-refractivity contribution in [3.8, 4) is 11.5 Å². The molecule has 0 spiro atoms. The van der Waals surface area contributed by atoms with E-state index in [0.717, 1.165) is 50.3 Å². The van der Waals surface area contributed by atoms with Crippen LogP contribution >= 0.6 is 0 Å². The maximum atomic E-state index is 5.34. The van der Waals surface area contributed by atoms with E-state index < -0.39 is 0 Å². The molecule has 0 aromatic carbocycles. The lowest BCUT2D eigenvalue weighted by Gasteiger charge is -2.13. The fraction of sp³-hybridized carbons (Fsp3) is 0.500. The van der Waals surface area contributed by atoms with Crippen molar-refractivity contribution in [1.82, 2.24) is 25.3 Å². The van der Waals surface area contributed by atoms with Gasteiger partial charge in [0.15, 0.2) is 0 Å². The van der Waals surface area contributed by atoms with E-state index in [0.29, 0.717) is 11.7 Å². The molecular formula is C14H17N5O. The maximum Gasteiger partial charge on any atom is 0.241 e. The van der Waals surface area contributed by atoms with Crippen molar-refractivity contribution < 1.29 is 4.52 Å². The van der Waals surface area contributed by atoms with Crippen molar-refractivity contribution in [1.29, 1.82) is 0 Å². The van der Waals surface area contributed by atoms with Crippen LogP contribution in [0.15, 0.2) is 28.9 Å². The van der Waals surface area contributed by atoms with Gasteiger partial charge in [0.2, 0.25) is 11.7 Å². The number of rotatable bonds is 3. The quantitative estimate of drug-likeness (QED) is 0.890. The summed E-state index contributed by atoms with van der Waals surface area (Å²) in [5.41, 5.74) is 0.755. The molecule has 2 unspecified atom stereocenters. The van der Waals surface area contributed by atoms with Gasteiger partial charge < -0.3 is 9.84 Å². The lowest BCUT2D eigenvalue weighted by atomic mass is 10.0. The van der Waals surface area contributed by atoms with E-state index in [-0.39, 0.29) is 0 Å². The van der Waals surface area contributed by atoms with Crippen molar-refractivity contribution in [3.63, 3.8) is 0 Å². The van der Waals surface area contributed by atoms with Gasteiger partial charge in [0.25, 0.3) is 0 Å². The van der Waals surface area contributed by atoms with Gasteiger partial charge in [0, 0.05) is 19.3 Å². The molecule has 0 radical (unpaired) electrons. The van der Waals surface area contributed by atoms with Gasteiger partial charge in [0.05, 0.1) is 6.54 Å². The lowest BCUT2D eigenvalue weighted by molar-refractivity contribution is 0.253. The average molecular weight is 271 g/mol. The monoisotopic (exact) mass is 271 g/mol. The van der Waals surface area contributed by atoms with Gasteiger partial charge in [-0.25, -0.2) is 0 Å². The molecule has 2 aliphatic rings. The SMILES string of the molecule is c1ccc(-c2noc(CN3CC4CNCC4C3)n2)nc1. The minimum absolute atomic E-state index is 0.571. The summed E-state index contributed by atoms with van der Waals surface area (Å²) in [6.45, 7) is 5.28. The smallest absolute Gasteiger partial charge is 0.241 e. The zero-order valence-electron chi connectivity index (χ0n) is 11.2. The van der Waals surface area contributed by atoms with E-state index in [1.54, 1.807) is 6.20 Å². The Labute approximate surface area is 117 Å². The number of aromatic nitrogens is 3. The van der Waals surface area contributed by atoms with Gasteiger partial charge in [-0.1, -0.05) is 11.2 Å². The van der Waals surface area contributed by atoms with Crippen molar-refractivity contribution in [2.75, 3.05) is 26.2 Å². The molecule has 20 heavy (non-hydrogen) atoms. The van der Waals surface area contributed by atoms with Crippen molar-refractivity contribution >= 4 is 0 Å². The van der Waals surface area contributed by atoms with Crippen molar-refractivity contribution in [3.05, 3.63) is 30.3 Å². The molecule has 0 amide bonds. The van der Waals surface area contributed by atoms with Crippen LogP contribution in [0.2, 0.25) is 0 Å². The molecule has 2 saturated heterocycles. The first-order chi connectivity index (χ1) is 9.88. The molecule has 104 valence electrons. The van der Waals surface area contributed by atoms with Crippen LogP contribution in [0, 0.1) is 11.8 Å². The van der Waals surface area contributed by atoms with Gasteiger partial charge in [-0.2, -0.15) is 4.98 Å². The van der Waals surface area contributed by atoms with Crippen LogP contribution < -0.4 is 5.32 Å². The summed E-state index contributed by atoms with van der Waals surface area (Å²) in [7, 11) is 0. The summed E-state index contributed by atoms with van der Waals surface area (Å²) in [5, 5.41) is 7.46. The van der Waals surface area contributed by atoms with Crippen molar-refractivity contribution in [2.45, 2.75) is 6.54 Å². The third kappa shape index (κ3) is 2.21. The highest BCUT2D eigenvalue weighted by Crippen LogP contribution is 2.27. The standard InChI is InChI=1S/C14H17N5O/c1-2-4-16-12(3-1)14-17-13(20-18-14)9-19-7-10-5-15-6-11(10)8-19/h1-4,10-11,15H,5-9H2. The van der Waals surface area contributed by atoms with Crippen LogP contribution in [0.3, 0.4) is 0 Å². The highest BCUT2D eigenvalue weighted by molar-refractivity contribution is 5.46. The fourth-order valence-electron chi connectivity index (χ4n) is 3.19. The molecule has 0 bridgehead atoms. The topological polar surface area (TPSA) is 67.1 Å². The number of pyridine rings is 1. The van der Waals surface area contributed by atoms with Crippen LogP contribution in [0.4, 0.5) is 0 Å². The predicted molar refractivity (Wildman–Crippen MR) is 72.7 cm³/mol. The highest BCUT2D eigenvalue weighted by Gasteiger charge is 2.36. The minimum atomic E-state index is 0.571. The lowest BCUT2D eigenvalue weighted by Crippen LogP contribution is -2.25. The third-order valence-corrected chi connectivity index (χ3v) is 4.19. The largest absolute Gasteiger partial charge is 0.337 e. The average Bonchev–Trinajstić information content (AvgIpc) is 3.16. The molecule has 0 saturated carbocycles. The molecule has 1 N–H and O–H groups in total. The molecule has 2 aromatic heterocycles. The Balaban J connectivity index is 1.44. The summed E-state index contributed by atoms with van der Waals surface area (Å²) in [5.74, 6) is 2.82. The van der Waals surface area contributed by atoms with Crippen molar-refractivity contribution in [2.24, 2.45) is 11.8 Å². The van der Waals surface area contributed by atoms with Crippen LogP contribution in [-0.2, 0) is 6.54 Å². The molecule has 4 heterocycles. The Morgan fingerprint density at radius 2 is 2.10 bits per heavy atom. The van der Waals surface area contributed by atoms with Gasteiger partial charge in [-0.05, 0) is 37.1 Å². The number of nitrogens with zero attached hydrogens (tertiary/aromatic N) is 4. The number of likely N-dealkylation sites (tertiary alicyclic amines) is 1. The number of nitrogens with one attached hydrogen (secondary N) is 1. The van der Waals surface area contributed by atoms with Crippen LogP contribution in [0.1, 0.15) is 5.89 Å². The summed E-state index contributed by atoms with van der Waals surface area (Å²) in [4.78, 5) is 11.1. The summed E-state index contributed by atoms with van der Waals surface area (Å²) >= 11 is 0. The molecule has 0 aliphatic carbocycles. The number of fused-ring (bicyclic) bond motifs is 1. The molecule has 2 aliphatic heterocycles. The van der Waals surface area contributed by atoms with Gasteiger partial charge >= 0.3 is 0 Å². The summed E-state index contributed by atoms with van der Waals surface area (Å²) < 4.78 is 5.34. The molecule has 2 fully saturated rings. The fourth-order valence-corrected chi connectivity index (χ4v) is 3.19. The third-order valence-electron chi connectivity index (χ3n) is 4.19. The zero-order valence-corrected chi connectivity index (χ0v) is 11.2. The summed E-state index contributed by atoms with van der Waals surface area (Å²) in [6.07, 6.45) is 1.74. The van der Waals surface area contributed by atoms with Crippen LogP contribution in [0.25, 0.3) is 11.5 Å². The zero-order chi connectivity index (χ0) is 13.4. The maximum absolute atomic E-state index is 5.34. The first kappa shape index (κ1) is 12.0. The van der Waals surface area contributed by atoms with Crippen LogP contribution in [0.5, 0.6) is 0 Å². The second kappa shape index (κ2) is 4.96. The second-order valence-electron chi connectivity index (χ2n) is 5.60. The van der Waals surface area contributed by atoms with Crippen LogP contribution in [-0.4, -0.2) is 46.2 Å². The van der Waals surface area contributed by atoms with E-state index in [1.807, 2.05) is 18.2 Å².